The van der Waals surface area contributed by atoms with Crippen molar-refractivity contribution in [1.29, 1.82) is 0 Å². The van der Waals surface area contributed by atoms with E-state index >= 15 is 0 Å². The van der Waals surface area contributed by atoms with E-state index < -0.39 is 5.97 Å². The summed E-state index contributed by atoms with van der Waals surface area (Å²) in [7, 11) is 0. The first kappa shape index (κ1) is 17.6. The lowest BCUT2D eigenvalue weighted by Crippen LogP contribution is -2.01. The maximum absolute atomic E-state index is 12.9. The number of rotatable bonds is 5. The van der Waals surface area contributed by atoms with Crippen LogP contribution in [0.2, 0.25) is 0 Å². The molecule has 0 aliphatic rings. The topological polar surface area (TPSA) is 44.1 Å². The van der Waals surface area contributed by atoms with Crippen LogP contribution in [0, 0.1) is 19.7 Å². The molecular weight excluding hydrogens is 331 g/mol. The van der Waals surface area contributed by atoms with Crippen LogP contribution in [0.3, 0.4) is 0 Å². The number of esters is 1. The largest absolute Gasteiger partial charge is 0.458 e. The SMILES string of the molecule is Cc1nn(-c2ccccc2)c(C)c1/C=C/C(=O)OCc1ccc(F)cc1. The predicted molar refractivity (Wildman–Crippen MR) is 98.3 cm³/mol. The van der Waals surface area contributed by atoms with E-state index in [1.54, 1.807) is 18.2 Å². The molecule has 0 aliphatic heterocycles. The predicted octanol–water partition coefficient (Wildman–Crippen LogP) is 4.38. The molecule has 0 saturated carbocycles. The smallest absolute Gasteiger partial charge is 0.331 e. The van der Waals surface area contributed by atoms with Crippen LogP contribution >= 0.6 is 0 Å². The first-order valence-corrected chi connectivity index (χ1v) is 8.25. The van der Waals surface area contributed by atoms with Crippen LogP contribution in [-0.4, -0.2) is 15.7 Å². The van der Waals surface area contributed by atoms with Gasteiger partial charge in [0.25, 0.3) is 0 Å². The van der Waals surface area contributed by atoms with Crippen LogP contribution in [0.5, 0.6) is 0 Å². The van der Waals surface area contributed by atoms with Gasteiger partial charge in [-0.05, 0) is 49.8 Å². The standard InChI is InChI=1S/C21H19FN2O2/c1-15-20(16(2)24(23-15)19-6-4-3-5-7-19)12-13-21(25)26-14-17-8-10-18(22)11-9-17/h3-13H,14H2,1-2H3/b13-12+. The molecule has 1 aromatic heterocycles. The van der Waals surface area contributed by atoms with Crippen LogP contribution < -0.4 is 0 Å². The van der Waals surface area contributed by atoms with E-state index in [0.717, 1.165) is 28.2 Å². The van der Waals surface area contributed by atoms with E-state index in [1.165, 1.54) is 18.2 Å². The van der Waals surface area contributed by atoms with Gasteiger partial charge < -0.3 is 4.74 Å². The Morgan fingerprint density at radius 3 is 2.50 bits per heavy atom. The second kappa shape index (κ2) is 7.78. The van der Waals surface area contributed by atoms with Crippen LogP contribution in [0.4, 0.5) is 4.39 Å². The van der Waals surface area contributed by atoms with Gasteiger partial charge in [0.15, 0.2) is 0 Å². The maximum Gasteiger partial charge on any atom is 0.331 e. The van der Waals surface area contributed by atoms with Crippen molar-refractivity contribution in [2.75, 3.05) is 0 Å². The highest BCUT2D eigenvalue weighted by Crippen LogP contribution is 2.19. The Labute approximate surface area is 151 Å². The molecule has 132 valence electrons. The quantitative estimate of drug-likeness (QED) is 0.506. The number of ether oxygens (including phenoxy) is 1. The normalized spacial score (nSPS) is 11.0. The highest BCUT2D eigenvalue weighted by Gasteiger charge is 2.11. The third kappa shape index (κ3) is 4.06. The molecule has 0 N–H and O–H groups in total. The monoisotopic (exact) mass is 350 g/mol. The average Bonchev–Trinajstić information content (AvgIpc) is 2.94. The Morgan fingerprint density at radius 1 is 1.12 bits per heavy atom. The van der Waals surface area contributed by atoms with Gasteiger partial charge in [-0.15, -0.1) is 0 Å². The molecule has 0 amide bonds. The van der Waals surface area contributed by atoms with Crippen molar-refractivity contribution in [3.8, 4) is 5.69 Å². The molecule has 3 rings (SSSR count). The summed E-state index contributed by atoms with van der Waals surface area (Å²) in [6.45, 7) is 3.96. The third-order valence-corrected chi connectivity index (χ3v) is 4.03. The molecule has 5 heteroatoms. The van der Waals surface area contributed by atoms with Gasteiger partial charge in [-0.25, -0.2) is 13.9 Å². The number of nitrogens with zero attached hydrogens (tertiary/aromatic N) is 2. The van der Waals surface area contributed by atoms with Crippen molar-refractivity contribution in [3.63, 3.8) is 0 Å². The zero-order valence-electron chi connectivity index (χ0n) is 14.6. The molecule has 0 radical (unpaired) electrons. The maximum atomic E-state index is 12.9. The molecule has 0 atom stereocenters. The minimum atomic E-state index is -0.458. The fourth-order valence-electron chi connectivity index (χ4n) is 2.65. The summed E-state index contributed by atoms with van der Waals surface area (Å²) >= 11 is 0. The summed E-state index contributed by atoms with van der Waals surface area (Å²) in [6, 6.07) is 15.7. The average molecular weight is 350 g/mol. The number of carbonyl (C=O) groups is 1. The Hall–Kier alpha value is -3.21. The van der Waals surface area contributed by atoms with Gasteiger partial charge in [0.05, 0.1) is 11.4 Å². The third-order valence-electron chi connectivity index (χ3n) is 4.03. The molecule has 0 unspecified atom stereocenters. The molecule has 2 aromatic carbocycles. The lowest BCUT2D eigenvalue weighted by Gasteiger charge is -2.04. The van der Waals surface area contributed by atoms with Crippen molar-refractivity contribution in [2.45, 2.75) is 20.5 Å². The van der Waals surface area contributed by atoms with Gasteiger partial charge in [0.1, 0.15) is 12.4 Å². The van der Waals surface area contributed by atoms with Crippen LogP contribution in [-0.2, 0) is 16.1 Å². The van der Waals surface area contributed by atoms with Crippen LogP contribution in [0.1, 0.15) is 22.5 Å². The minimum Gasteiger partial charge on any atom is -0.458 e. The number of aryl methyl sites for hydroxylation is 1. The second-order valence-corrected chi connectivity index (χ2v) is 5.90. The Kier molecular flexibility index (Phi) is 5.27. The molecule has 0 saturated heterocycles. The highest BCUT2D eigenvalue weighted by molar-refractivity contribution is 5.87. The molecule has 0 aliphatic carbocycles. The Balaban J connectivity index is 1.69. The van der Waals surface area contributed by atoms with Gasteiger partial charge in [-0.3, -0.25) is 0 Å². The molecule has 4 nitrogen and oxygen atoms in total. The molecule has 0 bridgehead atoms. The van der Waals surface area contributed by atoms with Crippen molar-refractivity contribution < 1.29 is 13.9 Å². The Bertz CT molecular complexity index is 929. The summed E-state index contributed by atoms with van der Waals surface area (Å²) < 4.78 is 19.9. The molecule has 26 heavy (non-hydrogen) atoms. The summed E-state index contributed by atoms with van der Waals surface area (Å²) in [5.74, 6) is -0.776. The number of aromatic nitrogens is 2. The number of benzene rings is 2. The fourth-order valence-corrected chi connectivity index (χ4v) is 2.65. The van der Waals surface area contributed by atoms with E-state index in [-0.39, 0.29) is 12.4 Å². The van der Waals surface area contributed by atoms with Gasteiger partial charge in [-0.2, -0.15) is 5.10 Å². The summed E-state index contributed by atoms with van der Waals surface area (Å²) in [5.41, 5.74) is 4.35. The highest BCUT2D eigenvalue weighted by atomic mass is 19.1. The van der Waals surface area contributed by atoms with E-state index in [1.807, 2.05) is 48.9 Å². The van der Waals surface area contributed by atoms with E-state index in [0.29, 0.717) is 0 Å². The summed E-state index contributed by atoms with van der Waals surface area (Å²) in [6.07, 6.45) is 3.10. The summed E-state index contributed by atoms with van der Waals surface area (Å²) in [5, 5.41) is 4.54. The van der Waals surface area contributed by atoms with Gasteiger partial charge >= 0.3 is 5.97 Å². The molecule has 3 aromatic rings. The van der Waals surface area contributed by atoms with Crippen molar-refractivity contribution >= 4 is 12.0 Å². The lowest BCUT2D eigenvalue weighted by atomic mass is 10.2. The zero-order valence-corrected chi connectivity index (χ0v) is 14.6. The number of carbonyl (C=O) groups excluding carboxylic acids is 1. The van der Waals surface area contributed by atoms with Crippen LogP contribution in [0.15, 0.2) is 60.7 Å². The van der Waals surface area contributed by atoms with Crippen molar-refractivity contribution in [2.24, 2.45) is 0 Å². The number of hydrogen-bond acceptors (Lipinski definition) is 3. The fraction of sp³-hybridized carbons (Fsp3) is 0.143. The van der Waals surface area contributed by atoms with Gasteiger partial charge in [0.2, 0.25) is 0 Å². The molecule has 0 spiro atoms. The first-order chi connectivity index (χ1) is 12.5. The number of para-hydroxylation sites is 1. The molecule has 1 heterocycles. The van der Waals surface area contributed by atoms with Crippen molar-refractivity contribution in [3.05, 3.63) is 89.0 Å². The van der Waals surface area contributed by atoms with E-state index in [2.05, 4.69) is 5.10 Å². The van der Waals surface area contributed by atoms with E-state index in [4.69, 9.17) is 4.74 Å². The number of hydrogen-bond donors (Lipinski definition) is 0. The van der Waals surface area contributed by atoms with Crippen molar-refractivity contribution in [1.82, 2.24) is 9.78 Å². The lowest BCUT2D eigenvalue weighted by molar-refractivity contribution is -0.138. The first-order valence-electron chi connectivity index (χ1n) is 8.25. The summed E-state index contributed by atoms with van der Waals surface area (Å²) in [4.78, 5) is 11.9. The van der Waals surface area contributed by atoms with E-state index in [9.17, 15) is 9.18 Å². The van der Waals surface area contributed by atoms with Gasteiger partial charge in [0, 0.05) is 17.3 Å². The van der Waals surface area contributed by atoms with Gasteiger partial charge in [-0.1, -0.05) is 30.3 Å². The second-order valence-electron chi connectivity index (χ2n) is 5.90. The molecular formula is C21H19FN2O2. The molecule has 0 fully saturated rings. The Morgan fingerprint density at radius 2 is 1.81 bits per heavy atom. The minimum absolute atomic E-state index is 0.102. The zero-order chi connectivity index (χ0) is 18.5. The number of halogens is 1. The van der Waals surface area contributed by atoms with Crippen LogP contribution in [0.25, 0.3) is 11.8 Å².